The summed E-state index contributed by atoms with van der Waals surface area (Å²) in [6, 6.07) is 7.51. The molecule has 5 amide bonds. The second-order valence-corrected chi connectivity index (χ2v) is 18.3. The molecular formula is C48H62F2N10O6. The van der Waals surface area contributed by atoms with Gasteiger partial charge in [0, 0.05) is 119 Å². The molecule has 0 saturated carbocycles. The number of allylic oxidation sites excluding steroid dienone is 1. The summed E-state index contributed by atoms with van der Waals surface area (Å²) in [4.78, 5) is 77.4. The lowest BCUT2D eigenvalue weighted by molar-refractivity contribution is -0.136. The van der Waals surface area contributed by atoms with Gasteiger partial charge >= 0.3 is 0 Å². The quantitative estimate of drug-likeness (QED) is 0.160. The van der Waals surface area contributed by atoms with Crippen molar-refractivity contribution in [3.8, 4) is 5.75 Å². The highest BCUT2D eigenvalue weighted by molar-refractivity contribution is 6.24. The first-order valence-corrected chi connectivity index (χ1v) is 23.3. The number of ether oxygens (including phenoxy) is 1. The number of aryl methyl sites for hydroxylation is 1. The highest BCUT2D eigenvalue weighted by Crippen LogP contribution is 2.39. The number of anilines is 1. The van der Waals surface area contributed by atoms with Gasteiger partial charge in [0.2, 0.25) is 17.7 Å². The number of alkyl halides is 2. The van der Waals surface area contributed by atoms with Crippen LogP contribution in [-0.2, 0) is 20.8 Å². The summed E-state index contributed by atoms with van der Waals surface area (Å²) in [6.45, 7) is 9.20. The van der Waals surface area contributed by atoms with Crippen LogP contribution in [0.5, 0.6) is 5.75 Å². The number of nitrogens with zero attached hydrogens (tertiary/aromatic N) is 6. The van der Waals surface area contributed by atoms with Crippen LogP contribution in [0.3, 0.4) is 0 Å². The van der Waals surface area contributed by atoms with Crippen LogP contribution in [0.2, 0.25) is 0 Å². The number of fused-ring (bicyclic) bond motifs is 2. The standard InChI is InChI=1S/C48H62F2N10O6/c1-29(61)58-20-14-38(37(27-58)45(52)59-15-4-5-31-23-35(32(25-51)26-53-2)36(44(49)50)24-40(31)59)54-33-12-18-57(19-13-33)22-21-56-16-10-30(11-17-56)28-66-41-7-3-6-34-43(41)48(65)60(47(34)64)39-8-9-42(62)55-46(39)63/h3,6-7,23-26,30,33,39,44-45,54H,4-5,8-22,27-28,51-52H2,1-2H3,(H,55,62,63). The fourth-order valence-corrected chi connectivity index (χ4v) is 10.4. The van der Waals surface area contributed by atoms with E-state index in [1.807, 2.05) is 4.90 Å². The lowest BCUT2D eigenvalue weighted by Gasteiger charge is -2.42. The average Bonchev–Trinajstić information content (AvgIpc) is 3.57. The van der Waals surface area contributed by atoms with Crippen LogP contribution in [0.4, 0.5) is 14.5 Å². The Labute approximate surface area is 384 Å². The number of rotatable bonds is 14. The number of benzene rings is 2. The molecule has 0 aliphatic carbocycles. The number of likely N-dealkylation sites (tertiary alicyclic amines) is 2. The van der Waals surface area contributed by atoms with Gasteiger partial charge in [-0.25, -0.2) is 8.78 Å². The average molecular weight is 913 g/mol. The number of hydrogen-bond donors (Lipinski definition) is 4. The number of nitrogens with one attached hydrogen (secondary N) is 2. The van der Waals surface area contributed by atoms with Crippen LogP contribution in [0, 0.1) is 5.92 Å². The molecule has 3 fully saturated rings. The van der Waals surface area contributed by atoms with E-state index in [0.717, 1.165) is 93.1 Å². The van der Waals surface area contributed by atoms with E-state index >= 15 is 0 Å². The van der Waals surface area contributed by atoms with Crippen molar-refractivity contribution in [2.75, 3.05) is 77.5 Å². The molecule has 3 saturated heterocycles. The molecule has 18 heteroatoms. The Morgan fingerprint density at radius 1 is 0.955 bits per heavy atom. The van der Waals surface area contributed by atoms with Gasteiger partial charge in [-0.3, -0.25) is 39.2 Å². The number of amides is 5. The number of imide groups is 2. The van der Waals surface area contributed by atoms with Crippen LogP contribution < -0.4 is 31.7 Å². The van der Waals surface area contributed by atoms with Crippen LogP contribution in [0.1, 0.15) is 102 Å². The van der Waals surface area contributed by atoms with Gasteiger partial charge in [0.1, 0.15) is 18.0 Å². The highest BCUT2D eigenvalue weighted by atomic mass is 19.3. The smallest absolute Gasteiger partial charge is 0.266 e. The zero-order valence-electron chi connectivity index (χ0n) is 37.9. The minimum atomic E-state index is -2.73. The maximum Gasteiger partial charge on any atom is 0.266 e. The molecular weight excluding hydrogens is 851 g/mol. The highest BCUT2D eigenvalue weighted by Gasteiger charge is 2.46. The summed E-state index contributed by atoms with van der Waals surface area (Å²) in [5.41, 5.74) is 17.6. The molecule has 0 radical (unpaired) electrons. The number of piperidine rings is 3. The third kappa shape index (κ3) is 9.86. The molecule has 0 bridgehead atoms. The SMILES string of the molecule is CN=CC(=CN)c1cc2c(cc1C(F)F)N(C(N)C1=C(NC3CCN(CCN4CCC(COc5cccc6c5C(=O)N(C5CCC(=O)NC5=O)C6=O)CC4)CC3)CCN(C(C)=O)C1)CCC2. The van der Waals surface area contributed by atoms with Gasteiger partial charge in [0.15, 0.2) is 0 Å². The van der Waals surface area contributed by atoms with E-state index in [4.69, 9.17) is 16.2 Å². The molecule has 66 heavy (non-hydrogen) atoms. The van der Waals surface area contributed by atoms with E-state index in [1.54, 1.807) is 49.2 Å². The molecule has 6 N–H and O–H groups in total. The summed E-state index contributed by atoms with van der Waals surface area (Å²) in [5.74, 6) is -1.58. The summed E-state index contributed by atoms with van der Waals surface area (Å²) < 4.78 is 35.4. The predicted octanol–water partition coefficient (Wildman–Crippen LogP) is 3.41. The number of carbonyl (C=O) groups is 5. The first-order chi connectivity index (χ1) is 31.8. The minimum Gasteiger partial charge on any atom is -0.492 e. The summed E-state index contributed by atoms with van der Waals surface area (Å²) >= 11 is 0. The molecule has 2 unspecified atom stereocenters. The van der Waals surface area contributed by atoms with Crippen LogP contribution in [0.25, 0.3) is 5.57 Å². The van der Waals surface area contributed by atoms with E-state index in [9.17, 15) is 32.8 Å². The second-order valence-electron chi connectivity index (χ2n) is 18.3. The zero-order chi connectivity index (χ0) is 46.6. The van der Waals surface area contributed by atoms with E-state index in [1.165, 1.54) is 12.4 Å². The lowest BCUT2D eigenvalue weighted by atomic mass is 9.91. The molecule has 0 aromatic heterocycles. The van der Waals surface area contributed by atoms with Crippen molar-refractivity contribution in [3.05, 3.63) is 75.6 Å². The van der Waals surface area contributed by atoms with Crippen LogP contribution in [-0.4, -0.2) is 146 Å². The van der Waals surface area contributed by atoms with Crippen molar-refractivity contribution in [3.63, 3.8) is 0 Å². The largest absolute Gasteiger partial charge is 0.492 e. The maximum absolute atomic E-state index is 14.6. The van der Waals surface area contributed by atoms with Crippen LogP contribution in [0.15, 0.2) is 52.8 Å². The van der Waals surface area contributed by atoms with Gasteiger partial charge in [-0.15, -0.1) is 0 Å². The predicted molar refractivity (Wildman–Crippen MR) is 246 cm³/mol. The van der Waals surface area contributed by atoms with Crippen molar-refractivity contribution < 1.29 is 37.5 Å². The van der Waals surface area contributed by atoms with Crippen molar-refractivity contribution in [1.82, 2.24) is 30.2 Å². The number of hydrogen-bond acceptors (Lipinski definition) is 13. The Morgan fingerprint density at radius 2 is 1.68 bits per heavy atom. The summed E-state index contributed by atoms with van der Waals surface area (Å²) in [7, 11) is 1.58. The van der Waals surface area contributed by atoms with Gasteiger partial charge in [0.05, 0.1) is 17.7 Å². The first-order valence-electron chi connectivity index (χ1n) is 23.3. The summed E-state index contributed by atoms with van der Waals surface area (Å²) in [5, 5.41) is 6.08. The van der Waals surface area contributed by atoms with Crippen molar-refractivity contribution in [1.29, 1.82) is 0 Å². The fourth-order valence-electron chi connectivity index (χ4n) is 10.4. The van der Waals surface area contributed by atoms with E-state index < -0.39 is 42.3 Å². The second kappa shape index (κ2) is 20.4. The molecule has 354 valence electrons. The third-order valence-corrected chi connectivity index (χ3v) is 14.2. The Balaban J connectivity index is 0.829. The molecule has 2 aromatic rings. The Bertz CT molecular complexity index is 2300. The van der Waals surface area contributed by atoms with Gasteiger partial charge < -0.3 is 41.1 Å². The molecule has 0 spiro atoms. The topological polar surface area (TPSA) is 199 Å². The number of nitrogens with two attached hydrogens (primary N) is 2. The van der Waals surface area contributed by atoms with E-state index in [-0.39, 0.29) is 47.4 Å². The van der Waals surface area contributed by atoms with Gasteiger partial charge in [-0.1, -0.05) is 6.07 Å². The van der Waals surface area contributed by atoms with Gasteiger partial charge in [-0.2, -0.15) is 0 Å². The fraction of sp³-hybridized carbons (Fsp3) is 0.542. The normalized spacial score (nSPS) is 22.4. The minimum absolute atomic E-state index is 0.0277. The third-order valence-electron chi connectivity index (χ3n) is 14.2. The Morgan fingerprint density at radius 3 is 2.35 bits per heavy atom. The number of carbonyl (C=O) groups excluding carboxylic acids is 5. The lowest BCUT2D eigenvalue weighted by Crippen LogP contribution is -2.54. The van der Waals surface area contributed by atoms with Crippen molar-refractivity contribution in [2.24, 2.45) is 22.4 Å². The Kier molecular flexibility index (Phi) is 14.5. The molecule has 2 atom stereocenters. The maximum atomic E-state index is 14.6. The van der Waals surface area contributed by atoms with E-state index in [0.29, 0.717) is 61.7 Å². The van der Waals surface area contributed by atoms with Crippen molar-refractivity contribution in [2.45, 2.75) is 89.4 Å². The van der Waals surface area contributed by atoms with Crippen LogP contribution >= 0.6 is 0 Å². The molecule has 6 aliphatic rings. The molecule has 8 rings (SSSR count). The first kappa shape index (κ1) is 46.8. The number of aliphatic imine (C=N–C) groups is 1. The molecule has 6 heterocycles. The van der Waals surface area contributed by atoms with Gasteiger partial charge in [0.25, 0.3) is 18.2 Å². The van der Waals surface area contributed by atoms with Crippen molar-refractivity contribution >= 4 is 47.0 Å². The number of halogens is 2. The molecule has 6 aliphatic heterocycles. The summed E-state index contributed by atoms with van der Waals surface area (Å²) in [6.07, 6.45) is 5.55. The Hall–Kier alpha value is -5.72. The molecule has 16 nitrogen and oxygen atoms in total. The van der Waals surface area contributed by atoms with E-state index in [2.05, 4.69) is 25.4 Å². The zero-order valence-corrected chi connectivity index (χ0v) is 37.9. The monoisotopic (exact) mass is 912 g/mol. The van der Waals surface area contributed by atoms with Gasteiger partial charge in [-0.05, 0) is 99.3 Å². The molecule has 2 aromatic carbocycles.